The molecule has 0 N–H and O–H groups in total. The van der Waals surface area contributed by atoms with Crippen molar-refractivity contribution in [1.82, 2.24) is 4.98 Å². The van der Waals surface area contributed by atoms with Crippen molar-refractivity contribution in [3.63, 3.8) is 0 Å². The van der Waals surface area contributed by atoms with E-state index in [0.29, 0.717) is 0 Å². The lowest BCUT2D eigenvalue weighted by Crippen LogP contribution is -2.31. The standard InChI is InChI=1S/C22H17N2O/c1-14-7-9-17-21-16-6-4-3-5-15(16)8-10-19(21)25-22(17)20(14)18-11-12-23-13-24(18)2/h3-13H,1-2H3/q+1. The van der Waals surface area contributed by atoms with Crippen LogP contribution in [0.1, 0.15) is 5.56 Å². The Labute approximate surface area is 145 Å². The van der Waals surface area contributed by atoms with Crippen LogP contribution in [-0.4, -0.2) is 4.98 Å². The molecule has 0 aliphatic carbocycles. The minimum Gasteiger partial charge on any atom is -0.455 e. The van der Waals surface area contributed by atoms with Gasteiger partial charge in [0.1, 0.15) is 23.1 Å². The molecular weight excluding hydrogens is 308 g/mol. The van der Waals surface area contributed by atoms with Crippen molar-refractivity contribution >= 4 is 32.7 Å². The van der Waals surface area contributed by atoms with Crippen LogP contribution in [0.15, 0.2) is 71.5 Å². The van der Waals surface area contributed by atoms with E-state index in [9.17, 15) is 0 Å². The summed E-state index contributed by atoms with van der Waals surface area (Å²) >= 11 is 0. The summed E-state index contributed by atoms with van der Waals surface area (Å²) in [6.45, 7) is 2.13. The van der Waals surface area contributed by atoms with E-state index in [2.05, 4.69) is 60.4 Å². The van der Waals surface area contributed by atoms with Gasteiger partial charge in [-0.05, 0) is 29.3 Å². The number of nitrogens with zero attached hydrogens (tertiary/aromatic N) is 2. The molecule has 0 spiro atoms. The highest BCUT2D eigenvalue weighted by Crippen LogP contribution is 2.39. The third-order valence-corrected chi connectivity index (χ3v) is 4.93. The summed E-state index contributed by atoms with van der Waals surface area (Å²) < 4.78 is 8.38. The maximum atomic E-state index is 6.35. The van der Waals surface area contributed by atoms with Gasteiger partial charge in [-0.15, -0.1) is 0 Å². The average Bonchev–Trinajstić information content (AvgIpc) is 3.01. The molecule has 0 radical (unpaired) electrons. The Kier molecular flexibility index (Phi) is 2.92. The molecular formula is C22H17N2O+. The van der Waals surface area contributed by atoms with Crippen molar-refractivity contribution in [2.75, 3.05) is 0 Å². The number of aromatic nitrogens is 2. The minimum atomic E-state index is 0.928. The van der Waals surface area contributed by atoms with Crippen LogP contribution in [0, 0.1) is 6.92 Å². The second-order valence-corrected chi connectivity index (χ2v) is 6.47. The molecule has 0 fully saturated rings. The Morgan fingerprint density at radius 3 is 2.68 bits per heavy atom. The van der Waals surface area contributed by atoms with Gasteiger partial charge in [-0.3, -0.25) is 0 Å². The summed E-state index contributed by atoms with van der Waals surface area (Å²) in [7, 11) is 2.01. The molecule has 3 heteroatoms. The van der Waals surface area contributed by atoms with Gasteiger partial charge >= 0.3 is 0 Å². The highest BCUT2D eigenvalue weighted by molar-refractivity contribution is 6.20. The fourth-order valence-corrected chi connectivity index (χ4v) is 3.72. The van der Waals surface area contributed by atoms with Crippen molar-refractivity contribution in [3.05, 3.63) is 72.7 Å². The molecule has 0 aliphatic heterocycles. The molecule has 5 aromatic rings. The predicted octanol–water partition coefficient (Wildman–Crippen LogP) is 4.93. The number of furan rings is 1. The Morgan fingerprint density at radius 1 is 0.920 bits per heavy atom. The van der Waals surface area contributed by atoms with Crippen LogP contribution in [0.5, 0.6) is 0 Å². The summed E-state index contributed by atoms with van der Waals surface area (Å²) in [5, 5.41) is 4.80. The Hall–Kier alpha value is -3.20. The van der Waals surface area contributed by atoms with Gasteiger partial charge < -0.3 is 4.42 Å². The maximum absolute atomic E-state index is 6.35. The van der Waals surface area contributed by atoms with E-state index < -0.39 is 0 Å². The van der Waals surface area contributed by atoms with Crippen LogP contribution >= 0.6 is 0 Å². The van der Waals surface area contributed by atoms with E-state index in [4.69, 9.17) is 4.42 Å². The first-order chi connectivity index (χ1) is 12.2. The Bertz CT molecular complexity index is 1270. The van der Waals surface area contributed by atoms with E-state index in [1.807, 2.05) is 30.2 Å². The molecule has 3 nitrogen and oxygen atoms in total. The van der Waals surface area contributed by atoms with Crippen LogP contribution in [0.4, 0.5) is 0 Å². The fourth-order valence-electron chi connectivity index (χ4n) is 3.72. The molecule has 2 aromatic heterocycles. The number of aryl methyl sites for hydroxylation is 2. The molecule has 0 atom stereocenters. The Morgan fingerprint density at radius 2 is 1.80 bits per heavy atom. The van der Waals surface area contributed by atoms with Gasteiger partial charge in [0.2, 0.25) is 0 Å². The summed E-state index contributed by atoms with van der Waals surface area (Å²) in [6, 6.07) is 19.0. The number of rotatable bonds is 1. The molecule has 3 aromatic carbocycles. The van der Waals surface area contributed by atoms with Crippen molar-refractivity contribution in [2.24, 2.45) is 7.05 Å². The zero-order valence-corrected chi connectivity index (χ0v) is 14.2. The molecule has 2 heterocycles. The van der Waals surface area contributed by atoms with E-state index in [-0.39, 0.29) is 0 Å². The summed E-state index contributed by atoms with van der Waals surface area (Å²) in [5.41, 5.74) is 5.28. The molecule has 0 unspecified atom stereocenters. The van der Waals surface area contributed by atoms with Gasteiger partial charge in [0.15, 0.2) is 0 Å². The smallest absolute Gasteiger partial charge is 0.286 e. The molecule has 5 rings (SSSR count). The van der Waals surface area contributed by atoms with Crippen LogP contribution in [-0.2, 0) is 7.05 Å². The van der Waals surface area contributed by atoms with Crippen molar-refractivity contribution in [1.29, 1.82) is 0 Å². The first kappa shape index (κ1) is 14.2. The van der Waals surface area contributed by atoms with Crippen LogP contribution < -0.4 is 4.57 Å². The van der Waals surface area contributed by atoms with Crippen molar-refractivity contribution in [2.45, 2.75) is 6.92 Å². The maximum Gasteiger partial charge on any atom is 0.286 e. The molecule has 0 saturated heterocycles. The van der Waals surface area contributed by atoms with Gasteiger partial charge in [0, 0.05) is 16.8 Å². The third-order valence-electron chi connectivity index (χ3n) is 4.93. The van der Waals surface area contributed by atoms with Crippen LogP contribution in [0.25, 0.3) is 44.0 Å². The number of hydrogen-bond acceptors (Lipinski definition) is 2. The lowest BCUT2D eigenvalue weighted by Gasteiger charge is -2.06. The molecule has 0 amide bonds. The van der Waals surface area contributed by atoms with Crippen LogP contribution in [0.3, 0.4) is 0 Å². The van der Waals surface area contributed by atoms with Crippen LogP contribution in [0.2, 0.25) is 0 Å². The summed E-state index contributed by atoms with van der Waals surface area (Å²) in [6.07, 6.45) is 3.65. The first-order valence-corrected chi connectivity index (χ1v) is 8.37. The first-order valence-electron chi connectivity index (χ1n) is 8.37. The largest absolute Gasteiger partial charge is 0.455 e. The van der Waals surface area contributed by atoms with E-state index in [1.165, 1.54) is 21.7 Å². The quantitative estimate of drug-likeness (QED) is 0.409. The number of fused-ring (bicyclic) bond motifs is 5. The molecule has 0 saturated carbocycles. The molecule has 0 bridgehead atoms. The monoisotopic (exact) mass is 325 g/mol. The highest BCUT2D eigenvalue weighted by atomic mass is 16.3. The minimum absolute atomic E-state index is 0.928. The van der Waals surface area contributed by atoms with Gasteiger partial charge in [0.25, 0.3) is 6.33 Å². The van der Waals surface area contributed by atoms with E-state index in [1.54, 1.807) is 0 Å². The topological polar surface area (TPSA) is 29.9 Å². The van der Waals surface area contributed by atoms with Gasteiger partial charge in [-0.2, -0.15) is 0 Å². The normalized spacial score (nSPS) is 11.6. The molecule has 0 aliphatic rings. The number of benzene rings is 3. The fraction of sp³-hybridized carbons (Fsp3) is 0.0909. The second kappa shape index (κ2) is 5.15. The van der Waals surface area contributed by atoms with Crippen molar-refractivity contribution < 1.29 is 8.98 Å². The summed E-state index contributed by atoms with van der Waals surface area (Å²) in [4.78, 5) is 4.20. The van der Waals surface area contributed by atoms with Crippen molar-refractivity contribution in [3.8, 4) is 11.3 Å². The molecule has 120 valence electrons. The highest BCUT2D eigenvalue weighted by Gasteiger charge is 2.19. The zero-order chi connectivity index (χ0) is 17.0. The predicted molar refractivity (Wildman–Crippen MR) is 100 cm³/mol. The van der Waals surface area contributed by atoms with E-state index >= 15 is 0 Å². The average molecular weight is 325 g/mol. The van der Waals surface area contributed by atoms with Gasteiger partial charge in [-0.25, -0.2) is 4.57 Å². The second-order valence-electron chi connectivity index (χ2n) is 6.47. The lowest BCUT2D eigenvalue weighted by atomic mass is 9.99. The van der Waals surface area contributed by atoms with Gasteiger partial charge in [-0.1, -0.05) is 47.4 Å². The zero-order valence-electron chi connectivity index (χ0n) is 14.2. The molecule has 25 heavy (non-hydrogen) atoms. The van der Waals surface area contributed by atoms with Gasteiger partial charge in [0.05, 0.1) is 12.6 Å². The Balaban J connectivity index is 1.99. The number of hydrogen-bond donors (Lipinski definition) is 0. The summed E-state index contributed by atoms with van der Waals surface area (Å²) in [5.74, 6) is 0. The third kappa shape index (κ3) is 1.99. The lowest BCUT2D eigenvalue weighted by molar-refractivity contribution is -0.663. The van der Waals surface area contributed by atoms with E-state index in [0.717, 1.165) is 27.8 Å². The SMILES string of the molecule is Cc1ccc2c(oc3ccc4ccccc4c32)c1-c1ccnc[n+]1C.